The van der Waals surface area contributed by atoms with Gasteiger partial charge in [-0.3, -0.25) is 14.4 Å². The van der Waals surface area contributed by atoms with Crippen molar-refractivity contribution in [1.82, 2.24) is 14.5 Å². The van der Waals surface area contributed by atoms with Gasteiger partial charge in [0.1, 0.15) is 0 Å². The Labute approximate surface area is 264 Å². The summed E-state index contributed by atoms with van der Waals surface area (Å²) in [6.45, 7) is 13.1. The lowest BCUT2D eigenvalue weighted by molar-refractivity contribution is -0.128. The van der Waals surface area contributed by atoms with E-state index in [0.717, 1.165) is 54.1 Å². The molecule has 0 unspecified atom stereocenters. The van der Waals surface area contributed by atoms with Crippen LogP contribution in [0.5, 0.6) is 0 Å². The second-order valence-electron chi connectivity index (χ2n) is 12.7. The van der Waals surface area contributed by atoms with Crippen LogP contribution in [-0.2, 0) is 17.3 Å². The lowest BCUT2D eigenvalue weighted by Crippen LogP contribution is -2.33. The van der Waals surface area contributed by atoms with E-state index < -0.39 is 0 Å². The largest absolute Gasteiger partial charge is 0.370 e. The van der Waals surface area contributed by atoms with Gasteiger partial charge >= 0.3 is 0 Å². The predicted octanol–water partition coefficient (Wildman–Crippen LogP) is 6.11. The second-order valence-corrected chi connectivity index (χ2v) is 12.7. The first-order valence-electron chi connectivity index (χ1n) is 15.4. The minimum atomic E-state index is -0.250. The Morgan fingerprint density at radius 3 is 2.27 bits per heavy atom. The van der Waals surface area contributed by atoms with Crippen molar-refractivity contribution >= 4 is 34.7 Å². The molecule has 0 saturated carbocycles. The summed E-state index contributed by atoms with van der Waals surface area (Å²) in [6, 6.07) is 21.3. The summed E-state index contributed by atoms with van der Waals surface area (Å²) in [5.41, 5.74) is 6.27. The van der Waals surface area contributed by atoms with Gasteiger partial charge in [0.15, 0.2) is 5.82 Å². The van der Waals surface area contributed by atoms with Crippen LogP contribution in [0.3, 0.4) is 0 Å². The maximum atomic E-state index is 13.1. The van der Waals surface area contributed by atoms with Gasteiger partial charge < -0.3 is 25.0 Å². The first-order valence-corrected chi connectivity index (χ1v) is 15.4. The molecule has 9 heteroatoms. The molecule has 0 atom stereocenters. The van der Waals surface area contributed by atoms with Gasteiger partial charge in [-0.1, -0.05) is 45.0 Å². The van der Waals surface area contributed by atoms with Gasteiger partial charge in [-0.15, -0.1) is 0 Å². The average Bonchev–Trinajstić information content (AvgIpc) is 3.27. The van der Waals surface area contributed by atoms with E-state index in [9.17, 15) is 14.4 Å². The molecule has 2 amide bonds. The number of carbonyl (C=O) groups excluding carboxylic acids is 2. The lowest BCUT2D eigenvalue weighted by atomic mass is 9.86. The third-order valence-corrected chi connectivity index (χ3v) is 8.38. The summed E-state index contributed by atoms with van der Waals surface area (Å²) >= 11 is 0. The zero-order valence-electron chi connectivity index (χ0n) is 27.0. The average molecular weight is 607 g/mol. The predicted molar refractivity (Wildman–Crippen MR) is 182 cm³/mol. The molecule has 2 N–H and O–H groups in total. The van der Waals surface area contributed by atoms with Crippen molar-refractivity contribution in [1.29, 1.82) is 0 Å². The Morgan fingerprint density at radius 1 is 0.889 bits per heavy atom. The summed E-state index contributed by atoms with van der Waals surface area (Å²) < 4.78 is 1.51. The van der Waals surface area contributed by atoms with E-state index in [0.29, 0.717) is 23.5 Å². The van der Waals surface area contributed by atoms with Gasteiger partial charge in [0, 0.05) is 74.5 Å². The highest BCUT2D eigenvalue weighted by Gasteiger charge is 2.18. The number of benzene rings is 3. The van der Waals surface area contributed by atoms with Gasteiger partial charge in [-0.05, 0) is 72.4 Å². The van der Waals surface area contributed by atoms with E-state index in [-0.39, 0.29) is 28.6 Å². The number of amides is 2. The fourth-order valence-electron chi connectivity index (χ4n) is 5.56. The molecule has 0 radical (unpaired) electrons. The third kappa shape index (κ3) is 7.25. The van der Waals surface area contributed by atoms with Crippen LogP contribution in [0, 0.1) is 6.92 Å². The van der Waals surface area contributed by atoms with Crippen molar-refractivity contribution in [3.8, 4) is 11.3 Å². The van der Waals surface area contributed by atoms with Gasteiger partial charge in [0.05, 0.1) is 5.69 Å². The lowest BCUT2D eigenvalue weighted by Gasteiger charge is -2.23. The minimum Gasteiger partial charge on any atom is -0.370 e. The number of aryl methyl sites for hydroxylation is 1. The maximum absolute atomic E-state index is 13.1. The van der Waals surface area contributed by atoms with Crippen molar-refractivity contribution in [2.45, 2.75) is 46.5 Å². The number of carbonyl (C=O) groups is 2. The van der Waals surface area contributed by atoms with Crippen LogP contribution in [0.4, 0.5) is 22.9 Å². The van der Waals surface area contributed by atoms with Crippen LogP contribution in [0.25, 0.3) is 11.3 Å². The molecule has 234 valence electrons. The van der Waals surface area contributed by atoms with Crippen LogP contribution < -0.4 is 21.1 Å². The van der Waals surface area contributed by atoms with Crippen LogP contribution in [0.15, 0.2) is 77.7 Å². The van der Waals surface area contributed by atoms with Gasteiger partial charge in [0.25, 0.3) is 11.5 Å². The van der Waals surface area contributed by atoms with Crippen LogP contribution in [0.2, 0.25) is 0 Å². The fraction of sp³-hybridized carbons (Fsp3) is 0.333. The molecule has 0 bridgehead atoms. The monoisotopic (exact) mass is 606 g/mol. The topological polar surface area (TPSA) is 99.6 Å². The highest BCUT2D eigenvalue weighted by Crippen LogP contribution is 2.29. The van der Waals surface area contributed by atoms with Crippen LogP contribution in [-0.4, -0.2) is 52.4 Å². The van der Waals surface area contributed by atoms with E-state index in [1.807, 2.05) is 78.6 Å². The molecule has 1 aromatic heterocycles. The van der Waals surface area contributed by atoms with Crippen molar-refractivity contribution in [3.05, 3.63) is 100.0 Å². The molecule has 1 aliphatic heterocycles. The quantitative estimate of drug-likeness (QED) is 0.275. The first-order chi connectivity index (χ1) is 21.4. The van der Waals surface area contributed by atoms with E-state index in [1.165, 1.54) is 4.57 Å². The number of hydrogen-bond acceptors (Lipinski definition) is 6. The van der Waals surface area contributed by atoms with Crippen molar-refractivity contribution < 1.29 is 9.59 Å². The second kappa shape index (κ2) is 13.0. The third-order valence-electron chi connectivity index (χ3n) is 8.38. The smallest absolute Gasteiger partial charge is 0.293 e. The molecule has 4 aromatic rings. The van der Waals surface area contributed by atoms with Gasteiger partial charge in [-0.25, -0.2) is 4.98 Å². The summed E-state index contributed by atoms with van der Waals surface area (Å²) in [5, 5.41) is 6.25. The van der Waals surface area contributed by atoms with E-state index in [1.54, 1.807) is 20.2 Å². The summed E-state index contributed by atoms with van der Waals surface area (Å²) in [4.78, 5) is 46.9. The van der Waals surface area contributed by atoms with E-state index >= 15 is 0 Å². The summed E-state index contributed by atoms with van der Waals surface area (Å²) in [7, 11) is 1.70. The molecule has 1 saturated heterocycles. The normalized spacial score (nSPS) is 13.7. The molecule has 45 heavy (non-hydrogen) atoms. The molecule has 0 spiro atoms. The number of rotatable bonds is 6. The van der Waals surface area contributed by atoms with Gasteiger partial charge in [-0.2, -0.15) is 0 Å². The molecule has 1 aliphatic rings. The number of aromatic nitrogens is 2. The van der Waals surface area contributed by atoms with Gasteiger partial charge in [0.2, 0.25) is 5.91 Å². The first kappa shape index (κ1) is 31.5. The minimum absolute atomic E-state index is 0.00716. The highest BCUT2D eigenvalue weighted by atomic mass is 16.2. The number of nitrogens with one attached hydrogen (secondary N) is 2. The summed E-state index contributed by atoms with van der Waals surface area (Å²) in [5.74, 6) is 0.134. The standard InChI is InChI=1S/C36H42N6O3/c1-24-30(9-7-10-31(24)39-34(44)26-11-13-27(14-12-26)36(3,4)5)32-23-40(6)35(45)33(38-32)37-28-15-17-29(18-16-28)42-20-8-19-41(21-22-42)25(2)43/h7,9-18,23H,8,19-22H2,1-6H3,(H,37,38)(H,39,44). The Morgan fingerprint density at radius 2 is 1.60 bits per heavy atom. The fourth-order valence-corrected chi connectivity index (χ4v) is 5.56. The van der Waals surface area contributed by atoms with E-state index in [2.05, 4.69) is 36.3 Å². The molecule has 5 rings (SSSR count). The van der Waals surface area contributed by atoms with Crippen LogP contribution >= 0.6 is 0 Å². The van der Waals surface area contributed by atoms with Crippen molar-refractivity contribution in [3.63, 3.8) is 0 Å². The molecular weight excluding hydrogens is 564 g/mol. The molecule has 3 aromatic carbocycles. The zero-order chi connectivity index (χ0) is 32.3. The Bertz CT molecular complexity index is 1750. The van der Waals surface area contributed by atoms with E-state index in [4.69, 9.17) is 4.98 Å². The van der Waals surface area contributed by atoms with Crippen molar-refractivity contribution in [2.24, 2.45) is 7.05 Å². The molecule has 9 nitrogen and oxygen atoms in total. The van der Waals surface area contributed by atoms with Crippen LogP contribution in [0.1, 0.15) is 55.6 Å². The number of nitrogens with zero attached hydrogens (tertiary/aromatic N) is 4. The number of hydrogen-bond donors (Lipinski definition) is 2. The zero-order valence-corrected chi connectivity index (χ0v) is 27.0. The molecule has 1 fully saturated rings. The number of anilines is 4. The Balaban J connectivity index is 1.33. The Kier molecular flexibility index (Phi) is 9.09. The highest BCUT2D eigenvalue weighted by molar-refractivity contribution is 6.05. The molecule has 0 aliphatic carbocycles. The maximum Gasteiger partial charge on any atom is 0.293 e. The molecular formula is C36H42N6O3. The van der Waals surface area contributed by atoms with Crippen molar-refractivity contribution in [2.75, 3.05) is 41.7 Å². The SMILES string of the molecule is CC(=O)N1CCCN(c2ccc(Nc3nc(-c4cccc(NC(=O)c5ccc(C(C)(C)C)cc5)c4C)cn(C)c3=O)cc2)CC1. The summed E-state index contributed by atoms with van der Waals surface area (Å²) in [6.07, 6.45) is 2.63. The molecule has 2 heterocycles. The Hall–Kier alpha value is -4.92.